The fourth-order valence-electron chi connectivity index (χ4n) is 14.3. The maximum atomic E-state index is 14.6. The van der Waals surface area contributed by atoms with Crippen molar-refractivity contribution in [3.63, 3.8) is 0 Å². The number of nitrogen functional groups attached to an aromatic ring is 4. The van der Waals surface area contributed by atoms with Gasteiger partial charge in [0.15, 0.2) is 5.75 Å². The minimum atomic E-state index is -0.595. The van der Waals surface area contributed by atoms with E-state index in [1.54, 1.807) is 123 Å². The van der Waals surface area contributed by atoms with Crippen LogP contribution in [0.2, 0.25) is 10.0 Å². The number of benzene rings is 7. The topological polar surface area (TPSA) is 384 Å². The number of nitrogens with two attached hydrogens (primary N) is 4. The highest BCUT2D eigenvalue weighted by atomic mass is 35.5. The smallest absolute Gasteiger partial charge is 0.229 e. The van der Waals surface area contributed by atoms with Crippen molar-refractivity contribution >= 4 is 173 Å². The molecule has 0 saturated carbocycles. The van der Waals surface area contributed by atoms with Crippen molar-refractivity contribution in [3.8, 4) is 17.2 Å². The molecule has 14 N–H and O–H groups in total. The maximum absolute atomic E-state index is 14.6. The number of para-hydroxylation sites is 1. The first kappa shape index (κ1) is 91.0. The predicted molar refractivity (Wildman–Crippen MR) is 525 cm³/mol. The second-order valence-electron chi connectivity index (χ2n) is 30.1. The van der Waals surface area contributed by atoms with Crippen LogP contribution in [-0.2, 0) is 25.7 Å². The van der Waals surface area contributed by atoms with Crippen molar-refractivity contribution in [3.05, 3.63) is 348 Å². The first-order chi connectivity index (χ1) is 64.7. The molecule has 11 heterocycles. The Balaban J connectivity index is 0.000000121. The summed E-state index contributed by atoms with van der Waals surface area (Å²) >= 11 is 17.1. The van der Waals surface area contributed by atoms with Crippen molar-refractivity contribution < 1.29 is 17.9 Å². The number of pyridine rings is 5. The summed E-state index contributed by atoms with van der Waals surface area (Å²) in [6, 6.07) is 65.1. The highest BCUT2D eigenvalue weighted by Crippen LogP contribution is 2.43. The number of nitrogens with zero attached hydrogens (tertiary/aromatic N) is 16. The molecule has 27 nitrogen and oxygen atoms in total. The summed E-state index contributed by atoms with van der Waals surface area (Å²) in [7, 11) is 0. The summed E-state index contributed by atoms with van der Waals surface area (Å²) < 4.78 is 51.3. The van der Waals surface area contributed by atoms with Gasteiger partial charge in [0.2, 0.25) is 29.7 Å². The number of fused-ring (bicyclic) bond motifs is 4. The summed E-state index contributed by atoms with van der Waals surface area (Å²) in [5.41, 5.74) is 36.2. The first-order valence-electron chi connectivity index (χ1n) is 41.9. The zero-order valence-electron chi connectivity index (χ0n) is 71.7. The average Bonchev–Trinajstić information content (AvgIpc) is 1.68. The molecular formula is C98H85Cl2F3N26OS3. The third-order valence-electron chi connectivity index (χ3n) is 20.3. The molecule has 666 valence electrons. The van der Waals surface area contributed by atoms with Gasteiger partial charge in [-0.1, -0.05) is 88.8 Å². The van der Waals surface area contributed by atoms with Gasteiger partial charge in [-0.2, -0.15) is 24.9 Å². The molecule has 35 heteroatoms. The molecule has 2 aliphatic carbocycles. The fraction of sp³-hybridized carbons (Fsp3) is 0.112. The summed E-state index contributed by atoms with van der Waals surface area (Å²) in [5.74, 6) is 4.09. The van der Waals surface area contributed by atoms with E-state index in [1.807, 2.05) is 117 Å². The lowest BCUT2D eigenvalue weighted by molar-refractivity contribution is 0.489. The predicted octanol–water partition coefficient (Wildman–Crippen LogP) is 23.9. The van der Waals surface area contributed by atoms with Crippen LogP contribution in [0.5, 0.6) is 11.5 Å². The second kappa shape index (κ2) is 43.4. The van der Waals surface area contributed by atoms with E-state index >= 15 is 0 Å². The number of anilines is 16. The molecular weight excluding hydrogens is 1780 g/mol. The van der Waals surface area contributed by atoms with Crippen molar-refractivity contribution in [2.24, 2.45) is 0 Å². The highest BCUT2D eigenvalue weighted by Gasteiger charge is 2.22. The molecule has 0 amide bonds. The molecule has 2 aliphatic rings. The van der Waals surface area contributed by atoms with Gasteiger partial charge >= 0.3 is 0 Å². The number of ether oxygens (including phenoxy) is 1. The lowest BCUT2D eigenvalue weighted by atomic mass is 9.96. The second-order valence-corrected chi connectivity index (χ2v) is 34.3. The Morgan fingerprint density at radius 2 is 0.865 bits per heavy atom. The number of hydrogen-bond donors (Lipinski definition) is 10. The Morgan fingerprint density at radius 1 is 0.368 bits per heavy atom. The van der Waals surface area contributed by atoms with Crippen LogP contribution in [-0.4, -0.2) is 79.3 Å². The quantitative estimate of drug-likeness (QED) is 0.0319. The molecule has 0 bridgehead atoms. The number of rotatable bonds is 21. The Bertz CT molecular complexity index is 7040. The van der Waals surface area contributed by atoms with E-state index < -0.39 is 11.6 Å². The van der Waals surface area contributed by atoms with Crippen LogP contribution in [0.3, 0.4) is 0 Å². The minimum Gasteiger partial charge on any atom is -0.454 e. The molecule has 0 atom stereocenters. The number of hydrogen-bond acceptors (Lipinski definition) is 29. The molecule has 0 radical (unpaired) electrons. The van der Waals surface area contributed by atoms with Crippen LogP contribution >= 0.6 is 58.5 Å². The summed E-state index contributed by atoms with van der Waals surface area (Å²) in [5, 5.41) is 22.8. The molecule has 20 rings (SSSR count). The summed E-state index contributed by atoms with van der Waals surface area (Å²) in [6.07, 6.45) is 28.0. The average molecular weight is 1870 g/mol. The molecule has 0 fully saturated rings. The molecule has 0 unspecified atom stereocenters. The van der Waals surface area contributed by atoms with Crippen LogP contribution < -0.4 is 59.6 Å². The van der Waals surface area contributed by atoms with Crippen molar-refractivity contribution in [2.75, 3.05) is 54.8 Å². The van der Waals surface area contributed by atoms with Crippen molar-refractivity contribution in [1.82, 2.24) is 79.3 Å². The fourth-order valence-corrected chi connectivity index (χ4v) is 17.3. The zero-order valence-corrected chi connectivity index (χ0v) is 75.7. The first-order valence-corrected chi connectivity index (χ1v) is 45.1. The van der Waals surface area contributed by atoms with Gasteiger partial charge in [0.05, 0.1) is 37.5 Å². The van der Waals surface area contributed by atoms with E-state index in [4.69, 9.17) is 50.9 Å². The zero-order chi connectivity index (χ0) is 92.1. The van der Waals surface area contributed by atoms with Gasteiger partial charge in [-0.05, 0) is 230 Å². The van der Waals surface area contributed by atoms with Crippen LogP contribution in [0, 0.1) is 38.2 Å². The third-order valence-corrected chi connectivity index (χ3v) is 24.0. The van der Waals surface area contributed by atoms with Crippen molar-refractivity contribution in [1.29, 1.82) is 0 Å². The highest BCUT2D eigenvalue weighted by molar-refractivity contribution is 7.99. The largest absolute Gasteiger partial charge is 0.454 e. The number of aromatic nitrogens is 16. The summed E-state index contributed by atoms with van der Waals surface area (Å²) in [4.78, 5) is 67.5. The minimum absolute atomic E-state index is 0.0240. The van der Waals surface area contributed by atoms with Gasteiger partial charge in [0.25, 0.3) is 0 Å². The molecule has 133 heavy (non-hydrogen) atoms. The van der Waals surface area contributed by atoms with Gasteiger partial charge in [0, 0.05) is 195 Å². The normalized spacial score (nSPS) is 11.7. The third kappa shape index (κ3) is 24.8. The van der Waals surface area contributed by atoms with Gasteiger partial charge < -0.3 is 64.1 Å². The molecule has 0 spiro atoms. The van der Waals surface area contributed by atoms with Crippen molar-refractivity contribution in [2.45, 2.75) is 102 Å². The van der Waals surface area contributed by atoms with E-state index in [9.17, 15) is 13.2 Å². The molecule has 0 saturated heterocycles. The van der Waals surface area contributed by atoms with E-state index in [2.05, 4.69) is 166 Å². The Morgan fingerprint density at radius 3 is 1.47 bits per heavy atom. The number of halogens is 5. The van der Waals surface area contributed by atoms with Crippen LogP contribution in [0.4, 0.5) is 106 Å². The Labute approximate surface area is 786 Å². The molecule has 11 aromatic heterocycles. The molecule has 0 aliphatic heterocycles. The van der Waals surface area contributed by atoms with Gasteiger partial charge in [-0.25, -0.2) is 38.1 Å². The number of nitrogens with one attached hydrogen (secondary N) is 6. The molecule has 7 aromatic carbocycles. The maximum Gasteiger partial charge on any atom is 0.229 e. The van der Waals surface area contributed by atoms with Crippen LogP contribution in [0.15, 0.2) is 310 Å². The molecule has 18 aromatic rings. The SMILES string of the molecule is Cc1cc(Nc2cc(Cl)c(Oc3cccc4cnccc34)c(Cl)c2)nc(N)n1.Cc1cc(Nc2cc(F)c(Sc3ccncc3)cc2F)nc(N)n1.Cc1cc(Nc2ccc(Sc3ccncc3)c(F)c2)nc(Nc2ccccc2)n1.Nc1nc2c(c(Nc3ccc(Sc4ccncc4)cc3)n1)CCCC2.Nc1nc2c(c(Nc3ccc4c(ccn4-c4ccncc4)c3)n1)CCCC2. The van der Waals surface area contributed by atoms with Gasteiger partial charge in [-0.15, -0.1) is 0 Å². The Kier molecular flexibility index (Phi) is 29.7. The van der Waals surface area contributed by atoms with Gasteiger partial charge in [0.1, 0.15) is 52.3 Å². The van der Waals surface area contributed by atoms with E-state index in [0.717, 1.165) is 145 Å². The van der Waals surface area contributed by atoms with Gasteiger partial charge in [-0.3, -0.25) is 24.9 Å². The Hall–Kier alpha value is -15.3. The van der Waals surface area contributed by atoms with Crippen LogP contribution in [0.1, 0.15) is 65.3 Å². The lowest BCUT2D eigenvalue weighted by Crippen LogP contribution is -2.12. The van der Waals surface area contributed by atoms with E-state index in [1.165, 1.54) is 58.0 Å². The summed E-state index contributed by atoms with van der Waals surface area (Å²) in [6.45, 7) is 5.45. The van der Waals surface area contributed by atoms with E-state index in [0.29, 0.717) is 78.8 Å². The lowest BCUT2D eigenvalue weighted by Gasteiger charge is -2.19. The monoisotopic (exact) mass is 1860 g/mol. The van der Waals surface area contributed by atoms with E-state index in [-0.39, 0.29) is 28.3 Å². The van der Waals surface area contributed by atoms with Crippen LogP contribution in [0.25, 0.3) is 27.4 Å². The number of aryl methyl sites for hydroxylation is 5. The standard InChI is InChI=1S/C22H18FN5S.C21H20N6.C20H15Cl2N5O.C19H19N5S.C16H13F2N5S/c1-15-13-21(28-22(25-15)27-16-5-3-2-4-6-16)26-17-7-8-20(19(23)14-17)29-18-9-11-24-12-10-18;22-21-25-18-4-2-1-3-17(18)20(26-21)24-15-5-6-19-14(13-15)9-12-27(19)16-7-10-23-11-8-16;1-11-7-18(27-20(23)25-11)26-13-8-15(21)19(16(22)9-13)28-17-4-2-3-12-10-24-6-5-14(12)17;20-19-23-17-4-2-1-3-16(17)18(24-19)22-13-5-7-14(8-6-13)25-15-9-11-21-12-10-15;1-9-6-15(23-16(19)21-9)22-13-7-12(18)14(8-11(13)17)24-10-2-4-20-5-3-10/h2-14H,1H3,(H2,25,26,27,28);5-13H,1-4H2,(H3,22,24,25,26);2-10H,1H3,(H3,23,25,26,27);5-12H,1-4H2,(H3,20,22,23,24);2-8H,1H3,(H3,19,21,22,23).